The molecule has 1 N–H and O–H groups in total. The molecule has 25 heavy (non-hydrogen) atoms. The molecule has 0 bridgehead atoms. The lowest BCUT2D eigenvalue weighted by atomic mass is 9.74. The molecule has 123 valence electrons. The number of aliphatic hydroxyl groups excluding tert-OH is 1. The highest BCUT2D eigenvalue weighted by Crippen LogP contribution is 2.49. The molecule has 4 nitrogen and oxygen atoms in total. The van der Waals surface area contributed by atoms with Crippen molar-refractivity contribution < 1.29 is 19.4 Å². The highest BCUT2D eigenvalue weighted by molar-refractivity contribution is 6.33. The van der Waals surface area contributed by atoms with Crippen LogP contribution < -0.4 is 9.47 Å². The highest BCUT2D eigenvalue weighted by Gasteiger charge is 2.30. The van der Waals surface area contributed by atoms with Gasteiger partial charge in [0.05, 0.1) is 14.0 Å². The van der Waals surface area contributed by atoms with Gasteiger partial charge < -0.3 is 14.6 Å². The first-order chi connectivity index (χ1) is 12.1. The summed E-state index contributed by atoms with van der Waals surface area (Å²) in [5.41, 5.74) is 5.30. The summed E-state index contributed by atoms with van der Waals surface area (Å²) in [5, 5.41) is 10.3. The second kappa shape index (κ2) is 6.26. The Balaban J connectivity index is 1.85. The number of carbonyl (C=O) groups is 1. The van der Waals surface area contributed by atoms with E-state index in [-0.39, 0.29) is 12.1 Å². The molecule has 2 aromatic rings. The number of aliphatic hydroxyl groups is 1. The molecule has 0 amide bonds. The van der Waals surface area contributed by atoms with Crippen molar-refractivity contribution in [2.24, 2.45) is 0 Å². The Morgan fingerprint density at radius 3 is 2.44 bits per heavy atom. The summed E-state index contributed by atoms with van der Waals surface area (Å²) in [7, 11) is 7.42. The van der Waals surface area contributed by atoms with Crippen molar-refractivity contribution in [3.63, 3.8) is 0 Å². The second-order valence-corrected chi connectivity index (χ2v) is 6.43. The number of Topliss-reactive ketones (excluding diaryl/α,β-unsaturated/α-hetero) is 1. The van der Waals surface area contributed by atoms with Crippen LogP contribution in [-0.4, -0.2) is 26.0 Å². The van der Waals surface area contributed by atoms with Gasteiger partial charge in [-0.05, 0) is 36.1 Å². The van der Waals surface area contributed by atoms with Gasteiger partial charge in [-0.15, -0.1) is 0 Å². The average molecular weight is 331 g/mol. The predicted octanol–water partition coefficient (Wildman–Crippen LogP) is 3.11. The van der Waals surface area contributed by atoms with Crippen LogP contribution in [0.15, 0.2) is 24.3 Å². The van der Waals surface area contributed by atoms with Gasteiger partial charge in [0.25, 0.3) is 0 Å². The molecule has 2 heterocycles. The van der Waals surface area contributed by atoms with Crippen LogP contribution in [0.4, 0.5) is 0 Å². The summed E-state index contributed by atoms with van der Waals surface area (Å²) >= 11 is 0. The SMILES string of the molecule is [B]CC(=O)c1cc2c3c(c1)OCc1cc(C(O)C[B]C)cc(c1-3)OC2. The molecule has 0 spiro atoms. The zero-order chi connectivity index (χ0) is 17.6. The van der Waals surface area contributed by atoms with Gasteiger partial charge in [0, 0.05) is 27.8 Å². The van der Waals surface area contributed by atoms with Gasteiger partial charge in [-0.25, -0.2) is 0 Å². The Bertz CT molecular complexity index is 812. The van der Waals surface area contributed by atoms with Crippen LogP contribution in [0.2, 0.25) is 19.5 Å². The minimum absolute atomic E-state index is 0.0311. The smallest absolute Gasteiger partial charge is 0.154 e. The Morgan fingerprint density at radius 2 is 1.80 bits per heavy atom. The number of hydrogen-bond acceptors (Lipinski definition) is 4. The van der Waals surface area contributed by atoms with Crippen LogP contribution in [0.1, 0.15) is 33.2 Å². The van der Waals surface area contributed by atoms with E-state index in [1.807, 2.05) is 32.3 Å². The van der Waals surface area contributed by atoms with Crippen molar-refractivity contribution in [2.75, 3.05) is 0 Å². The fraction of sp³-hybridized carbons (Fsp3) is 0.316. The summed E-state index contributed by atoms with van der Waals surface area (Å²) < 4.78 is 11.8. The van der Waals surface area contributed by atoms with Crippen molar-refractivity contribution in [2.45, 2.75) is 38.8 Å². The van der Waals surface area contributed by atoms with E-state index in [2.05, 4.69) is 0 Å². The zero-order valence-electron chi connectivity index (χ0n) is 14.0. The third-order valence-corrected chi connectivity index (χ3v) is 4.76. The maximum absolute atomic E-state index is 12.0. The number of ether oxygens (including phenoxy) is 2. The van der Waals surface area contributed by atoms with Crippen LogP contribution in [0.5, 0.6) is 11.5 Å². The van der Waals surface area contributed by atoms with Crippen molar-refractivity contribution >= 4 is 20.9 Å². The second-order valence-electron chi connectivity index (χ2n) is 6.43. The van der Waals surface area contributed by atoms with Crippen LogP contribution >= 0.6 is 0 Å². The molecular formula is C19H17B2O4. The lowest BCUT2D eigenvalue weighted by Crippen LogP contribution is -2.16. The topological polar surface area (TPSA) is 55.8 Å². The molecule has 0 aliphatic carbocycles. The van der Waals surface area contributed by atoms with Crippen molar-refractivity contribution in [1.82, 2.24) is 0 Å². The summed E-state index contributed by atoms with van der Waals surface area (Å²) in [4.78, 5) is 12.0. The number of rotatable bonds is 5. The van der Waals surface area contributed by atoms with Gasteiger partial charge in [0.1, 0.15) is 32.0 Å². The number of hydrogen-bond donors (Lipinski definition) is 1. The molecule has 2 aliphatic heterocycles. The van der Waals surface area contributed by atoms with E-state index in [9.17, 15) is 9.90 Å². The van der Waals surface area contributed by atoms with Gasteiger partial charge in [-0.1, -0.05) is 13.1 Å². The standard InChI is InChI=1S/C19H17B2O4/c1-21-7-15(23)11-3-13-9-24-16-4-10(14(22)6-20)2-12-8-25-17(5-11)19(13)18(12)16/h2-5,15,23H,6-9H2,1H3. The Morgan fingerprint density at radius 1 is 1.16 bits per heavy atom. The van der Waals surface area contributed by atoms with E-state index in [0.717, 1.165) is 33.6 Å². The first kappa shape index (κ1) is 16.3. The van der Waals surface area contributed by atoms with Crippen LogP contribution in [0, 0.1) is 0 Å². The molecule has 4 rings (SSSR count). The maximum atomic E-state index is 12.0. The van der Waals surface area contributed by atoms with Crippen LogP contribution in [0.25, 0.3) is 11.1 Å². The molecule has 0 saturated heterocycles. The Kier molecular flexibility index (Phi) is 4.08. The van der Waals surface area contributed by atoms with Gasteiger partial charge >= 0.3 is 0 Å². The molecule has 2 aromatic carbocycles. The van der Waals surface area contributed by atoms with E-state index < -0.39 is 6.10 Å². The number of carbonyl (C=O) groups excluding carboxylic acids is 1. The van der Waals surface area contributed by atoms with Gasteiger partial charge in [0.15, 0.2) is 5.78 Å². The maximum Gasteiger partial charge on any atom is 0.154 e. The summed E-state index contributed by atoms with van der Waals surface area (Å²) in [6.45, 7) is 2.67. The fourth-order valence-corrected chi connectivity index (χ4v) is 3.53. The van der Waals surface area contributed by atoms with Crippen LogP contribution in [0.3, 0.4) is 0 Å². The van der Waals surface area contributed by atoms with E-state index in [4.69, 9.17) is 17.3 Å². The van der Waals surface area contributed by atoms with E-state index in [1.165, 1.54) is 0 Å². The summed E-state index contributed by atoms with van der Waals surface area (Å²) in [5.74, 6) is 1.34. The lowest BCUT2D eigenvalue weighted by molar-refractivity contribution is 0.101. The van der Waals surface area contributed by atoms with Gasteiger partial charge in [-0.2, -0.15) is 0 Å². The molecule has 0 saturated carbocycles. The predicted molar refractivity (Wildman–Crippen MR) is 96.8 cm³/mol. The fourth-order valence-electron chi connectivity index (χ4n) is 3.53. The Labute approximate surface area is 148 Å². The normalized spacial score (nSPS) is 14.8. The minimum atomic E-state index is -0.553. The monoisotopic (exact) mass is 331 g/mol. The molecule has 1 unspecified atom stereocenters. The molecular weight excluding hydrogens is 314 g/mol. The van der Waals surface area contributed by atoms with Gasteiger partial charge in [0.2, 0.25) is 0 Å². The van der Waals surface area contributed by atoms with Crippen molar-refractivity contribution in [1.29, 1.82) is 0 Å². The van der Waals surface area contributed by atoms with Crippen LogP contribution in [-0.2, 0) is 13.2 Å². The minimum Gasteiger partial charge on any atom is -0.488 e. The van der Waals surface area contributed by atoms with E-state index in [0.29, 0.717) is 30.8 Å². The largest absolute Gasteiger partial charge is 0.488 e. The Hall–Kier alpha value is -2.20. The molecule has 0 fully saturated rings. The zero-order valence-corrected chi connectivity index (χ0v) is 14.0. The first-order valence-corrected chi connectivity index (χ1v) is 8.41. The molecule has 3 radical (unpaired) electrons. The summed E-state index contributed by atoms with van der Waals surface area (Å²) in [6, 6.07) is 7.49. The number of benzene rings is 2. The molecule has 1 atom stereocenters. The molecule has 2 aliphatic rings. The third kappa shape index (κ3) is 2.65. The quantitative estimate of drug-likeness (QED) is 0.676. The lowest BCUT2D eigenvalue weighted by Gasteiger charge is -2.31. The molecule has 0 aromatic heterocycles. The van der Waals surface area contributed by atoms with E-state index >= 15 is 0 Å². The van der Waals surface area contributed by atoms with Gasteiger partial charge in [-0.3, -0.25) is 4.79 Å². The number of ketones is 1. The van der Waals surface area contributed by atoms with Crippen molar-refractivity contribution in [3.8, 4) is 22.6 Å². The average Bonchev–Trinajstić information content (AvgIpc) is 2.64. The van der Waals surface area contributed by atoms with Crippen molar-refractivity contribution in [3.05, 3.63) is 46.5 Å². The summed E-state index contributed by atoms with van der Waals surface area (Å²) in [6.07, 6.45) is 0.00439. The van der Waals surface area contributed by atoms with E-state index in [1.54, 1.807) is 6.07 Å². The first-order valence-electron chi connectivity index (χ1n) is 8.41. The molecule has 6 heteroatoms. The third-order valence-electron chi connectivity index (χ3n) is 4.76. The highest BCUT2D eigenvalue weighted by atomic mass is 16.5.